The largest absolute Gasteiger partial charge is 0.507 e. The summed E-state index contributed by atoms with van der Waals surface area (Å²) in [6.45, 7) is 5.52. The van der Waals surface area contributed by atoms with Gasteiger partial charge in [0.15, 0.2) is 5.76 Å². The van der Waals surface area contributed by atoms with Gasteiger partial charge < -0.3 is 19.3 Å². The standard InChI is InChI=1S/C29H28N6O4S/c1-16(2)26(28(37)38-3)24-12-21(34-39-24)19-13-30-29(31-14-19)35-9-8-17(15-35)25-11-18-10-22(32-33-27(18)40-25)20-6-4-5-7-23(20)36/h4-7,10-14,16-17,26,36H,8-9,15H2,1-3H3/t17-,26?/m1/s1. The predicted molar refractivity (Wildman–Crippen MR) is 151 cm³/mol. The smallest absolute Gasteiger partial charge is 0.316 e. The molecular formula is C29H28N6O4S. The number of benzene rings is 1. The molecule has 204 valence electrons. The molecule has 6 rings (SSSR count). The minimum atomic E-state index is -0.523. The summed E-state index contributed by atoms with van der Waals surface area (Å²) in [5.74, 6) is 0.771. The Kier molecular flexibility index (Phi) is 6.89. The molecule has 0 aliphatic carbocycles. The van der Waals surface area contributed by atoms with Crippen molar-refractivity contribution in [3.8, 4) is 28.3 Å². The fraction of sp³-hybridized carbons (Fsp3) is 0.310. The highest BCUT2D eigenvalue weighted by molar-refractivity contribution is 7.18. The van der Waals surface area contributed by atoms with Crippen LogP contribution in [0.1, 0.15) is 42.7 Å². The van der Waals surface area contributed by atoms with E-state index in [1.165, 1.54) is 12.0 Å². The molecule has 5 heterocycles. The van der Waals surface area contributed by atoms with Crippen LogP contribution < -0.4 is 4.90 Å². The first kappa shape index (κ1) is 25.9. The van der Waals surface area contributed by atoms with Crippen molar-refractivity contribution in [3.63, 3.8) is 0 Å². The molecule has 1 fully saturated rings. The topological polar surface area (TPSA) is 127 Å². The number of ether oxygens (including phenoxy) is 1. The molecule has 1 aromatic carbocycles. The summed E-state index contributed by atoms with van der Waals surface area (Å²) < 4.78 is 10.4. The Morgan fingerprint density at radius 3 is 2.67 bits per heavy atom. The van der Waals surface area contributed by atoms with Crippen LogP contribution in [0.4, 0.5) is 5.95 Å². The van der Waals surface area contributed by atoms with E-state index in [-0.39, 0.29) is 17.6 Å². The van der Waals surface area contributed by atoms with E-state index in [2.05, 4.69) is 36.3 Å². The maximum Gasteiger partial charge on any atom is 0.316 e. The first-order chi connectivity index (χ1) is 19.4. The lowest BCUT2D eigenvalue weighted by atomic mass is 9.93. The van der Waals surface area contributed by atoms with Crippen molar-refractivity contribution < 1.29 is 19.2 Å². The molecule has 40 heavy (non-hydrogen) atoms. The summed E-state index contributed by atoms with van der Waals surface area (Å²) in [4.78, 5) is 25.7. The molecule has 0 radical (unpaired) electrons. The molecule has 2 atom stereocenters. The Morgan fingerprint density at radius 1 is 1.12 bits per heavy atom. The Labute approximate surface area is 234 Å². The number of hydrogen-bond donors (Lipinski definition) is 1. The molecule has 11 heteroatoms. The average molecular weight is 557 g/mol. The van der Waals surface area contributed by atoms with Crippen LogP contribution in [0.15, 0.2) is 59.4 Å². The lowest BCUT2D eigenvalue weighted by Crippen LogP contribution is -2.21. The van der Waals surface area contributed by atoms with E-state index >= 15 is 0 Å². The fourth-order valence-electron chi connectivity index (χ4n) is 5.10. The minimum absolute atomic E-state index is 0.00211. The van der Waals surface area contributed by atoms with Crippen LogP contribution in [0.25, 0.3) is 32.7 Å². The van der Waals surface area contributed by atoms with Gasteiger partial charge in [-0.05, 0) is 36.6 Å². The highest BCUT2D eigenvalue weighted by atomic mass is 32.1. The second-order valence-corrected chi connectivity index (χ2v) is 11.3. The molecular weight excluding hydrogens is 528 g/mol. The highest BCUT2D eigenvalue weighted by Gasteiger charge is 2.30. The molecule has 1 aliphatic rings. The van der Waals surface area contributed by atoms with Gasteiger partial charge in [0.05, 0.1) is 12.8 Å². The normalized spacial score (nSPS) is 16.1. The lowest BCUT2D eigenvalue weighted by Gasteiger charge is -2.15. The van der Waals surface area contributed by atoms with Crippen LogP contribution in [-0.2, 0) is 9.53 Å². The summed E-state index contributed by atoms with van der Waals surface area (Å²) in [5, 5.41) is 24.1. The van der Waals surface area contributed by atoms with Gasteiger partial charge in [0.25, 0.3) is 0 Å². The molecule has 1 N–H and O–H groups in total. The zero-order valence-electron chi connectivity index (χ0n) is 22.3. The number of hydrogen-bond acceptors (Lipinski definition) is 11. The number of anilines is 1. The summed E-state index contributed by atoms with van der Waals surface area (Å²) in [6.07, 6.45) is 4.44. The third-order valence-electron chi connectivity index (χ3n) is 7.24. The van der Waals surface area contributed by atoms with Crippen LogP contribution in [0.2, 0.25) is 0 Å². The number of carbonyl (C=O) groups is 1. The van der Waals surface area contributed by atoms with Gasteiger partial charge in [-0.2, -0.15) is 0 Å². The number of fused-ring (bicyclic) bond motifs is 1. The third kappa shape index (κ3) is 4.88. The van der Waals surface area contributed by atoms with Gasteiger partial charge in [0.2, 0.25) is 5.95 Å². The predicted octanol–water partition coefficient (Wildman–Crippen LogP) is 5.42. The van der Waals surface area contributed by atoms with Gasteiger partial charge in [0.1, 0.15) is 22.2 Å². The van der Waals surface area contributed by atoms with Gasteiger partial charge >= 0.3 is 5.97 Å². The van der Waals surface area contributed by atoms with Crippen molar-refractivity contribution in [2.75, 3.05) is 25.1 Å². The number of aromatic nitrogens is 5. The molecule has 0 saturated carbocycles. The van der Waals surface area contributed by atoms with E-state index in [9.17, 15) is 9.90 Å². The number of para-hydroxylation sites is 1. The van der Waals surface area contributed by atoms with Crippen molar-refractivity contribution in [3.05, 3.63) is 65.5 Å². The highest BCUT2D eigenvalue weighted by Crippen LogP contribution is 2.37. The van der Waals surface area contributed by atoms with E-state index in [4.69, 9.17) is 9.26 Å². The first-order valence-electron chi connectivity index (χ1n) is 13.1. The Hall–Kier alpha value is -4.38. The van der Waals surface area contributed by atoms with Crippen LogP contribution >= 0.6 is 11.3 Å². The number of carbonyl (C=O) groups excluding carboxylic acids is 1. The van der Waals surface area contributed by atoms with Crippen LogP contribution in [0.5, 0.6) is 5.75 Å². The summed E-state index contributed by atoms with van der Waals surface area (Å²) in [7, 11) is 1.37. The number of nitrogens with zero attached hydrogens (tertiary/aromatic N) is 6. The molecule has 4 aromatic heterocycles. The molecule has 0 amide bonds. The van der Waals surface area contributed by atoms with Crippen molar-refractivity contribution in [1.82, 2.24) is 25.3 Å². The summed E-state index contributed by atoms with van der Waals surface area (Å²) >= 11 is 1.65. The molecule has 0 bridgehead atoms. The average Bonchev–Trinajstić information content (AvgIpc) is 3.73. The number of rotatable bonds is 7. The van der Waals surface area contributed by atoms with Gasteiger partial charge in [-0.25, -0.2) is 9.97 Å². The molecule has 0 spiro atoms. The number of phenols is 1. The number of thiophene rings is 1. The van der Waals surface area contributed by atoms with Crippen molar-refractivity contribution in [2.45, 2.75) is 32.1 Å². The Balaban J connectivity index is 1.16. The number of phenolic OH excluding ortho intramolecular Hbond substituents is 1. The van der Waals surface area contributed by atoms with Crippen molar-refractivity contribution in [2.24, 2.45) is 5.92 Å². The third-order valence-corrected chi connectivity index (χ3v) is 8.44. The van der Waals surface area contributed by atoms with Gasteiger partial charge in [-0.15, -0.1) is 21.5 Å². The van der Waals surface area contributed by atoms with E-state index in [0.29, 0.717) is 40.1 Å². The lowest BCUT2D eigenvalue weighted by molar-refractivity contribution is -0.144. The number of methoxy groups -OCH3 is 1. The van der Waals surface area contributed by atoms with E-state index < -0.39 is 5.92 Å². The second kappa shape index (κ2) is 10.6. The summed E-state index contributed by atoms with van der Waals surface area (Å²) in [5.41, 5.74) is 2.61. The number of aromatic hydroxyl groups is 1. The van der Waals surface area contributed by atoms with Gasteiger partial charge in [-0.1, -0.05) is 31.1 Å². The zero-order chi connectivity index (χ0) is 27.8. The minimum Gasteiger partial charge on any atom is -0.507 e. The Morgan fingerprint density at radius 2 is 1.93 bits per heavy atom. The fourth-order valence-corrected chi connectivity index (χ4v) is 6.19. The van der Waals surface area contributed by atoms with E-state index in [1.807, 2.05) is 32.0 Å². The molecule has 5 aromatic rings. The first-order valence-corrected chi connectivity index (χ1v) is 13.9. The van der Waals surface area contributed by atoms with Gasteiger partial charge in [-0.3, -0.25) is 4.79 Å². The van der Waals surface area contributed by atoms with Crippen LogP contribution in [-0.4, -0.2) is 56.6 Å². The van der Waals surface area contributed by atoms with Gasteiger partial charge in [0, 0.05) is 58.9 Å². The second-order valence-electron chi connectivity index (χ2n) is 10.2. The zero-order valence-corrected chi connectivity index (χ0v) is 23.1. The molecule has 1 aliphatic heterocycles. The quantitative estimate of drug-likeness (QED) is 0.260. The summed E-state index contributed by atoms with van der Waals surface area (Å²) in [6, 6.07) is 13.1. The monoisotopic (exact) mass is 556 g/mol. The molecule has 1 saturated heterocycles. The maximum atomic E-state index is 12.2. The maximum absolute atomic E-state index is 12.2. The number of esters is 1. The van der Waals surface area contributed by atoms with Crippen molar-refractivity contribution in [1.29, 1.82) is 0 Å². The van der Waals surface area contributed by atoms with Crippen LogP contribution in [0, 0.1) is 5.92 Å². The molecule has 10 nitrogen and oxygen atoms in total. The SMILES string of the molecule is COC(=O)C(c1cc(-c2cnc(N3CC[C@@H](c4cc5cc(-c6ccccc6O)nnc5s4)C3)nc2)no1)C(C)C. The Bertz CT molecular complexity index is 1660. The van der Waals surface area contributed by atoms with Crippen molar-refractivity contribution >= 4 is 33.5 Å². The molecule has 1 unspecified atom stereocenters. The van der Waals surface area contributed by atoms with Crippen LogP contribution in [0.3, 0.4) is 0 Å². The van der Waals surface area contributed by atoms with E-state index in [0.717, 1.165) is 29.7 Å². The van der Waals surface area contributed by atoms with E-state index in [1.54, 1.807) is 41.9 Å².